The van der Waals surface area contributed by atoms with Gasteiger partial charge in [-0.2, -0.15) is 0 Å². The second kappa shape index (κ2) is 42.2. The van der Waals surface area contributed by atoms with E-state index >= 15 is 0 Å². The molecule has 0 unspecified atom stereocenters. The lowest BCUT2D eigenvalue weighted by Crippen LogP contribution is -2.47. The van der Waals surface area contributed by atoms with E-state index in [0.717, 1.165) is 128 Å². The predicted octanol–water partition coefficient (Wildman–Crippen LogP) is 8.35. The summed E-state index contributed by atoms with van der Waals surface area (Å²) in [4.78, 5) is 15.9. The van der Waals surface area contributed by atoms with Gasteiger partial charge in [0.25, 0.3) is 0 Å². The van der Waals surface area contributed by atoms with E-state index in [-0.39, 0.29) is 0 Å². The van der Waals surface area contributed by atoms with Gasteiger partial charge >= 0.3 is 35.2 Å². The minimum absolute atomic E-state index is 0.611. The second-order valence-corrected chi connectivity index (χ2v) is 27.5. The molecule has 2 heterocycles. The molecule has 70 heavy (non-hydrogen) atoms. The molecule has 0 fully saturated rings. The molecule has 0 N–H and O–H groups in total. The standard InChI is InChI=1S/C24H53N3O6Si2.C24H51N3O6Si2/c2*1-7-28-34(29-8-2,30-9-3)22-14-19-26(17-13-18-27-21-16-25-24-27)20-15-23-35(31-10-4,32-11-5)33-12-6/h24H,7-23H2,1-6H3;16,21,24H,7-15,17-20,22-23H2,1-6H3. The fraction of sp³-hybridized carbons (Fsp3) is 0.917. The van der Waals surface area contributed by atoms with Gasteiger partial charge in [0.1, 0.15) is 0 Å². The lowest BCUT2D eigenvalue weighted by atomic mass is 10.3. The molecule has 0 spiro atoms. The molecule has 414 valence electrons. The third-order valence-corrected chi connectivity index (χ3v) is 23.9. The summed E-state index contributed by atoms with van der Waals surface area (Å²) in [6.45, 7) is 41.4. The summed E-state index contributed by atoms with van der Waals surface area (Å²) in [5.74, 6) is 0. The van der Waals surface area contributed by atoms with E-state index < -0.39 is 35.2 Å². The number of nitrogens with zero attached hydrogens (tertiary/aromatic N) is 6. The number of aryl methyl sites for hydroxylation is 1. The van der Waals surface area contributed by atoms with Crippen molar-refractivity contribution in [2.24, 2.45) is 4.99 Å². The van der Waals surface area contributed by atoms with Crippen molar-refractivity contribution in [2.45, 2.75) is 152 Å². The molecular weight excluding hydrogens is 965 g/mol. The minimum Gasteiger partial charge on any atom is -0.374 e. The minimum atomic E-state index is -2.62. The zero-order valence-corrected chi connectivity index (χ0v) is 50.5. The van der Waals surface area contributed by atoms with Gasteiger partial charge in [0.05, 0.1) is 19.2 Å². The molecule has 22 heteroatoms. The molecule has 0 saturated carbocycles. The summed E-state index contributed by atoms with van der Waals surface area (Å²) in [5.41, 5.74) is 0. The molecule has 0 aromatic carbocycles. The summed E-state index contributed by atoms with van der Waals surface area (Å²) in [6, 6.07) is 3.34. The summed E-state index contributed by atoms with van der Waals surface area (Å²) in [7, 11) is -10.5. The van der Waals surface area contributed by atoms with Crippen molar-refractivity contribution in [3.63, 3.8) is 0 Å². The Kier molecular flexibility index (Phi) is 40.4. The molecule has 2 rings (SSSR count). The number of aliphatic imine (C=N–C) groups is 1. The maximum atomic E-state index is 6.06. The van der Waals surface area contributed by atoms with Crippen LogP contribution in [0.2, 0.25) is 24.2 Å². The van der Waals surface area contributed by atoms with Crippen LogP contribution in [0.3, 0.4) is 0 Å². The van der Waals surface area contributed by atoms with Gasteiger partial charge < -0.3 is 72.4 Å². The van der Waals surface area contributed by atoms with Gasteiger partial charge in [0.15, 0.2) is 0 Å². The van der Waals surface area contributed by atoms with Crippen molar-refractivity contribution in [2.75, 3.05) is 138 Å². The third kappa shape index (κ3) is 28.6. The molecule has 0 saturated heterocycles. The second-order valence-electron chi connectivity index (χ2n) is 16.6. The van der Waals surface area contributed by atoms with Gasteiger partial charge in [-0.25, -0.2) is 4.98 Å². The SMILES string of the molecule is CCO[Si](CCCN(CCCN1C=NCC1)CCC[Si](OCC)(OCC)OCC)(OCC)OCC.CCO[Si](CCCN(CCCn1ccnc1)CCC[Si](OCC)(OCC)OCC)(OCC)OCC. The maximum Gasteiger partial charge on any atom is 0.500 e. The zero-order chi connectivity index (χ0) is 51.7. The van der Waals surface area contributed by atoms with E-state index in [1.54, 1.807) is 0 Å². The maximum absolute atomic E-state index is 6.06. The van der Waals surface area contributed by atoms with Crippen molar-refractivity contribution in [1.82, 2.24) is 24.3 Å². The van der Waals surface area contributed by atoms with Crippen LogP contribution in [0.5, 0.6) is 0 Å². The largest absolute Gasteiger partial charge is 0.500 e. The van der Waals surface area contributed by atoms with Gasteiger partial charge in [-0.3, -0.25) is 4.99 Å². The van der Waals surface area contributed by atoms with Gasteiger partial charge in [-0.15, -0.1) is 0 Å². The molecule has 0 atom stereocenters. The fourth-order valence-electron chi connectivity index (χ4n) is 8.73. The summed E-state index contributed by atoms with van der Waals surface area (Å²) < 4.78 is 74.8. The monoisotopic (exact) mass is 1070 g/mol. The van der Waals surface area contributed by atoms with E-state index in [9.17, 15) is 0 Å². The number of imidazole rings is 1. The first-order valence-electron chi connectivity index (χ1n) is 27.4. The van der Waals surface area contributed by atoms with Crippen LogP contribution in [-0.4, -0.2) is 204 Å². The summed E-state index contributed by atoms with van der Waals surface area (Å²) in [5, 5.41) is 0. The van der Waals surface area contributed by atoms with Crippen molar-refractivity contribution >= 4 is 41.6 Å². The first-order chi connectivity index (χ1) is 34.0. The highest BCUT2D eigenvalue weighted by atomic mass is 28.4. The van der Waals surface area contributed by atoms with E-state index in [1.807, 2.05) is 108 Å². The first kappa shape index (κ1) is 67.0. The number of hydrogen-bond donors (Lipinski definition) is 0. The van der Waals surface area contributed by atoms with Gasteiger partial charge in [0.2, 0.25) is 0 Å². The average Bonchev–Trinajstić information content (AvgIpc) is 4.06. The van der Waals surface area contributed by atoms with Crippen molar-refractivity contribution in [3.8, 4) is 0 Å². The highest BCUT2D eigenvalue weighted by Gasteiger charge is 2.43. The Bertz CT molecular complexity index is 1220. The molecule has 1 aliphatic heterocycles. The van der Waals surface area contributed by atoms with Crippen molar-refractivity contribution < 1.29 is 53.1 Å². The smallest absolute Gasteiger partial charge is 0.374 e. The van der Waals surface area contributed by atoms with Crippen LogP contribution >= 0.6 is 0 Å². The Labute approximate surface area is 431 Å². The number of aromatic nitrogens is 2. The normalized spacial score (nSPS) is 13.6. The molecule has 0 radical (unpaired) electrons. The van der Waals surface area contributed by atoms with Crippen LogP contribution in [0.25, 0.3) is 0 Å². The Balaban J connectivity index is 0.000000700. The number of rotatable bonds is 48. The molecule has 1 aromatic heterocycles. The van der Waals surface area contributed by atoms with Crippen LogP contribution in [0, 0.1) is 0 Å². The Morgan fingerprint density at radius 1 is 0.400 bits per heavy atom. The Morgan fingerprint density at radius 3 is 0.929 bits per heavy atom. The fourth-order valence-corrected chi connectivity index (χ4v) is 19.1. The average molecular weight is 1070 g/mol. The molecule has 0 aliphatic carbocycles. The number of hydrogen-bond acceptors (Lipinski definition) is 17. The summed E-state index contributed by atoms with van der Waals surface area (Å²) in [6.07, 6.45) is 13.8. The van der Waals surface area contributed by atoms with Gasteiger partial charge in [0, 0.05) is 135 Å². The first-order valence-corrected chi connectivity index (χ1v) is 35.1. The van der Waals surface area contributed by atoms with Gasteiger partial charge in [-0.05, 0) is 161 Å². The molecule has 18 nitrogen and oxygen atoms in total. The van der Waals surface area contributed by atoms with Gasteiger partial charge in [-0.1, -0.05) is 0 Å². The topological polar surface area (TPSA) is 151 Å². The van der Waals surface area contributed by atoms with E-state index in [4.69, 9.17) is 53.1 Å². The Hall–Kier alpha value is -1.01. The molecular formula is C48H104N6O12Si4. The molecule has 1 aliphatic rings. The van der Waals surface area contributed by atoms with Crippen molar-refractivity contribution in [3.05, 3.63) is 18.7 Å². The molecule has 0 amide bonds. The van der Waals surface area contributed by atoms with Crippen LogP contribution in [0.4, 0.5) is 0 Å². The van der Waals surface area contributed by atoms with Crippen LogP contribution in [0.15, 0.2) is 23.7 Å². The summed E-state index contributed by atoms with van der Waals surface area (Å²) >= 11 is 0. The lowest BCUT2D eigenvalue weighted by Gasteiger charge is -2.31. The van der Waals surface area contributed by atoms with Crippen LogP contribution < -0.4 is 0 Å². The van der Waals surface area contributed by atoms with E-state index in [1.165, 1.54) is 0 Å². The lowest BCUT2D eigenvalue weighted by molar-refractivity contribution is 0.0676. The molecule has 1 aromatic rings. The predicted molar refractivity (Wildman–Crippen MR) is 289 cm³/mol. The highest BCUT2D eigenvalue weighted by molar-refractivity contribution is 6.61. The highest BCUT2D eigenvalue weighted by Crippen LogP contribution is 2.23. The van der Waals surface area contributed by atoms with Crippen LogP contribution in [-0.2, 0) is 59.7 Å². The third-order valence-electron chi connectivity index (χ3n) is 11.3. The van der Waals surface area contributed by atoms with E-state index in [0.29, 0.717) is 79.3 Å². The quantitative estimate of drug-likeness (QED) is 0.0575. The van der Waals surface area contributed by atoms with Crippen molar-refractivity contribution in [1.29, 1.82) is 0 Å². The zero-order valence-electron chi connectivity index (χ0n) is 46.5. The van der Waals surface area contributed by atoms with Crippen LogP contribution in [0.1, 0.15) is 122 Å². The Morgan fingerprint density at radius 2 is 0.686 bits per heavy atom. The molecule has 0 bridgehead atoms. The van der Waals surface area contributed by atoms with E-state index in [2.05, 4.69) is 29.2 Å².